The number of rotatable bonds is 1. The summed E-state index contributed by atoms with van der Waals surface area (Å²) in [5.74, 6) is 0.319. The van der Waals surface area contributed by atoms with Crippen molar-refractivity contribution in [1.29, 1.82) is 0 Å². The Balaban J connectivity index is 2.12. The summed E-state index contributed by atoms with van der Waals surface area (Å²) in [7, 11) is 0. The molecule has 0 bridgehead atoms. The molecule has 1 aliphatic carbocycles. The first-order valence-electron chi connectivity index (χ1n) is 5.31. The van der Waals surface area contributed by atoms with Crippen LogP contribution < -0.4 is 0 Å². The predicted octanol–water partition coefficient (Wildman–Crippen LogP) is 3.11. The van der Waals surface area contributed by atoms with Crippen molar-refractivity contribution in [3.63, 3.8) is 0 Å². The maximum absolute atomic E-state index is 13.4. The number of furan rings is 1. The normalized spacial score (nSPS) is 20.4. The number of fused-ring (bicyclic) bond motifs is 1. The molecule has 0 aliphatic heterocycles. The Morgan fingerprint density at radius 1 is 1.38 bits per heavy atom. The first-order valence-corrected chi connectivity index (χ1v) is 5.31. The molecule has 82 valence electrons. The molecule has 1 aromatic carbocycles. The third kappa shape index (κ3) is 1.44. The molecule has 3 rings (SSSR count). The lowest BCUT2D eigenvalue weighted by Gasteiger charge is -1.93. The standard InChI is InChI=1S/C13H11FO2/c14-11-3-1-2-9-7-12(16-13(9)11)8-4-5-10(15)6-8/h1-3,6-7,10,15H,4-5H2. The molecule has 2 nitrogen and oxygen atoms in total. The van der Waals surface area contributed by atoms with E-state index in [2.05, 4.69) is 0 Å². The van der Waals surface area contributed by atoms with Crippen LogP contribution in [0.15, 0.2) is 34.8 Å². The van der Waals surface area contributed by atoms with Crippen molar-refractivity contribution in [3.8, 4) is 0 Å². The van der Waals surface area contributed by atoms with E-state index in [-0.39, 0.29) is 5.82 Å². The molecule has 0 radical (unpaired) electrons. The molecule has 0 spiro atoms. The number of hydrogen-bond acceptors (Lipinski definition) is 2. The van der Waals surface area contributed by atoms with E-state index in [4.69, 9.17) is 4.42 Å². The molecule has 16 heavy (non-hydrogen) atoms. The quantitative estimate of drug-likeness (QED) is 0.797. The molecule has 1 heterocycles. The van der Waals surface area contributed by atoms with Crippen LogP contribution in [-0.4, -0.2) is 11.2 Å². The van der Waals surface area contributed by atoms with E-state index in [0.717, 1.165) is 23.8 Å². The minimum atomic E-state index is -0.395. The second-order valence-electron chi connectivity index (χ2n) is 4.07. The van der Waals surface area contributed by atoms with Gasteiger partial charge in [-0.2, -0.15) is 0 Å². The summed E-state index contributed by atoms with van der Waals surface area (Å²) in [6, 6.07) is 6.68. The highest BCUT2D eigenvalue weighted by Crippen LogP contribution is 2.32. The molecular formula is C13H11FO2. The van der Waals surface area contributed by atoms with Crippen LogP contribution in [0.5, 0.6) is 0 Å². The minimum absolute atomic E-state index is 0.291. The van der Waals surface area contributed by atoms with Gasteiger partial charge in [0.2, 0.25) is 0 Å². The SMILES string of the molecule is OC1C=C(c2cc3cccc(F)c3o2)CC1. The Morgan fingerprint density at radius 2 is 2.25 bits per heavy atom. The summed E-state index contributed by atoms with van der Waals surface area (Å²) in [6.45, 7) is 0. The van der Waals surface area contributed by atoms with Gasteiger partial charge in [-0.05, 0) is 36.6 Å². The highest BCUT2D eigenvalue weighted by molar-refractivity contribution is 5.82. The lowest BCUT2D eigenvalue weighted by Crippen LogP contribution is -1.93. The zero-order chi connectivity index (χ0) is 11.1. The Morgan fingerprint density at radius 3 is 2.94 bits per heavy atom. The molecular weight excluding hydrogens is 207 g/mol. The summed E-state index contributed by atoms with van der Waals surface area (Å²) in [5, 5.41) is 10.2. The third-order valence-electron chi connectivity index (χ3n) is 2.92. The van der Waals surface area contributed by atoms with E-state index >= 15 is 0 Å². The Kier molecular flexibility index (Phi) is 2.07. The van der Waals surface area contributed by atoms with Crippen molar-refractivity contribution in [1.82, 2.24) is 0 Å². The zero-order valence-electron chi connectivity index (χ0n) is 8.61. The summed E-state index contributed by atoms with van der Waals surface area (Å²) in [6.07, 6.45) is 2.88. The smallest absolute Gasteiger partial charge is 0.170 e. The summed E-state index contributed by atoms with van der Waals surface area (Å²) in [4.78, 5) is 0. The zero-order valence-corrected chi connectivity index (χ0v) is 8.61. The van der Waals surface area contributed by atoms with Gasteiger partial charge in [0.05, 0.1) is 6.10 Å². The van der Waals surface area contributed by atoms with Crippen LogP contribution in [-0.2, 0) is 0 Å². The Hall–Kier alpha value is -1.61. The van der Waals surface area contributed by atoms with E-state index in [0.29, 0.717) is 11.3 Å². The van der Waals surface area contributed by atoms with E-state index in [1.54, 1.807) is 12.1 Å². The fourth-order valence-corrected chi connectivity index (χ4v) is 2.09. The maximum atomic E-state index is 13.4. The van der Waals surface area contributed by atoms with Gasteiger partial charge in [0.1, 0.15) is 5.76 Å². The molecule has 1 aromatic heterocycles. The van der Waals surface area contributed by atoms with Crippen LogP contribution in [0, 0.1) is 5.82 Å². The van der Waals surface area contributed by atoms with E-state index in [1.807, 2.05) is 12.1 Å². The number of para-hydroxylation sites is 1. The van der Waals surface area contributed by atoms with Crippen molar-refractivity contribution >= 4 is 16.5 Å². The molecule has 0 fully saturated rings. The van der Waals surface area contributed by atoms with Gasteiger partial charge in [-0.1, -0.05) is 12.1 Å². The monoisotopic (exact) mass is 218 g/mol. The van der Waals surface area contributed by atoms with Crippen LogP contribution in [0.3, 0.4) is 0 Å². The minimum Gasteiger partial charge on any atom is -0.453 e. The highest BCUT2D eigenvalue weighted by Gasteiger charge is 2.18. The van der Waals surface area contributed by atoms with Gasteiger partial charge in [0.25, 0.3) is 0 Å². The number of allylic oxidation sites excluding steroid dienone is 1. The molecule has 0 saturated heterocycles. The lowest BCUT2D eigenvalue weighted by molar-refractivity contribution is 0.223. The average molecular weight is 218 g/mol. The van der Waals surface area contributed by atoms with Gasteiger partial charge in [-0.25, -0.2) is 4.39 Å². The fourth-order valence-electron chi connectivity index (χ4n) is 2.09. The molecule has 1 N–H and O–H groups in total. The topological polar surface area (TPSA) is 33.4 Å². The summed E-state index contributed by atoms with van der Waals surface area (Å²) < 4.78 is 18.9. The van der Waals surface area contributed by atoms with Crippen molar-refractivity contribution in [2.24, 2.45) is 0 Å². The molecule has 0 saturated carbocycles. The first kappa shape index (κ1) is 9.60. The number of hydrogen-bond donors (Lipinski definition) is 1. The second kappa shape index (κ2) is 3.46. The van der Waals surface area contributed by atoms with Crippen molar-refractivity contribution in [3.05, 3.63) is 41.9 Å². The first-order chi connectivity index (χ1) is 7.74. The van der Waals surface area contributed by atoms with Crippen molar-refractivity contribution < 1.29 is 13.9 Å². The van der Waals surface area contributed by atoms with Gasteiger partial charge >= 0.3 is 0 Å². The summed E-state index contributed by atoms with van der Waals surface area (Å²) in [5.41, 5.74) is 1.25. The molecule has 1 aliphatic rings. The average Bonchev–Trinajstić information content (AvgIpc) is 2.84. The molecule has 2 aromatic rings. The van der Waals surface area contributed by atoms with Gasteiger partial charge in [0, 0.05) is 5.39 Å². The van der Waals surface area contributed by atoms with Crippen molar-refractivity contribution in [2.45, 2.75) is 18.9 Å². The van der Waals surface area contributed by atoms with Crippen LogP contribution in [0.2, 0.25) is 0 Å². The van der Waals surface area contributed by atoms with Crippen LogP contribution in [0.1, 0.15) is 18.6 Å². The molecule has 3 heteroatoms. The van der Waals surface area contributed by atoms with E-state index in [1.165, 1.54) is 6.07 Å². The lowest BCUT2D eigenvalue weighted by atomic mass is 10.1. The van der Waals surface area contributed by atoms with E-state index < -0.39 is 6.10 Å². The van der Waals surface area contributed by atoms with Gasteiger partial charge in [-0.3, -0.25) is 0 Å². The van der Waals surface area contributed by atoms with Gasteiger partial charge in [0.15, 0.2) is 11.4 Å². The summed E-state index contributed by atoms with van der Waals surface area (Å²) >= 11 is 0. The number of aliphatic hydroxyl groups excluding tert-OH is 1. The van der Waals surface area contributed by atoms with Gasteiger partial charge in [-0.15, -0.1) is 0 Å². The van der Waals surface area contributed by atoms with E-state index in [9.17, 15) is 9.50 Å². The molecule has 1 unspecified atom stereocenters. The Labute approximate surface area is 92.0 Å². The predicted molar refractivity (Wildman–Crippen MR) is 59.4 cm³/mol. The second-order valence-corrected chi connectivity index (χ2v) is 4.07. The fraction of sp³-hybridized carbons (Fsp3) is 0.231. The number of benzene rings is 1. The maximum Gasteiger partial charge on any atom is 0.170 e. The van der Waals surface area contributed by atoms with Crippen LogP contribution in [0.4, 0.5) is 4.39 Å². The van der Waals surface area contributed by atoms with Crippen LogP contribution >= 0.6 is 0 Å². The molecule has 1 atom stereocenters. The van der Waals surface area contributed by atoms with Crippen LogP contribution in [0.25, 0.3) is 16.5 Å². The van der Waals surface area contributed by atoms with Gasteiger partial charge < -0.3 is 9.52 Å². The molecule has 0 amide bonds. The third-order valence-corrected chi connectivity index (χ3v) is 2.92. The van der Waals surface area contributed by atoms with Crippen molar-refractivity contribution in [2.75, 3.05) is 0 Å². The number of halogens is 1. The highest BCUT2D eigenvalue weighted by atomic mass is 19.1. The largest absolute Gasteiger partial charge is 0.453 e. The number of aliphatic hydroxyl groups is 1. The Bertz CT molecular complexity index is 568.